The Kier molecular flexibility index (Phi) is 12.3. The van der Waals surface area contributed by atoms with Crippen LogP contribution in [0.3, 0.4) is 0 Å². The maximum Gasteiger partial charge on any atom is 0.329 e. The second-order valence-electron chi connectivity index (χ2n) is 15.1. The molecule has 2 heterocycles. The Morgan fingerprint density at radius 1 is 0.492 bits per heavy atom. The fraction of sp³-hybridized carbons (Fsp3) is 0.200. The van der Waals surface area contributed by atoms with E-state index >= 15 is 0 Å². The van der Waals surface area contributed by atoms with E-state index in [-0.39, 0.29) is 11.7 Å². The summed E-state index contributed by atoms with van der Waals surface area (Å²) in [6.07, 6.45) is 1.08. The van der Waals surface area contributed by atoms with Crippen LogP contribution in [0.2, 0.25) is 0 Å². The zero-order chi connectivity index (χ0) is 44.0. The number of nitrogens with zero attached hydrogens (tertiary/aromatic N) is 2. The van der Waals surface area contributed by atoms with Gasteiger partial charge in [-0.15, -0.1) is 0 Å². The third kappa shape index (κ3) is 8.99. The number of Topliss-reactive ketones (excluding diaryl/α,β-unsaturated/α-hetero) is 1. The van der Waals surface area contributed by atoms with Gasteiger partial charge in [0.05, 0.1) is 48.5 Å². The molecule has 0 saturated carbocycles. The fourth-order valence-corrected chi connectivity index (χ4v) is 8.01. The Morgan fingerprint density at radius 2 is 0.873 bits per heavy atom. The second kappa shape index (κ2) is 18.4. The third-order valence-corrected chi connectivity index (χ3v) is 10.8. The third-order valence-electron chi connectivity index (χ3n) is 10.8. The van der Waals surface area contributed by atoms with Gasteiger partial charge in [-0.05, 0) is 91.9 Å². The number of aliphatic carboxylic acids is 2. The number of aromatic nitrogens is 2. The predicted molar refractivity (Wildman–Crippen MR) is 241 cm³/mol. The molecule has 13 heteroatoms. The lowest BCUT2D eigenvalue weighted by Gasteiger charge is -2.26. The van der Waals surface area contributed by atoms with E-state index in [1.54, 1.807) is 94.1 Å². The molecule has 0 radical (unpaired) electrons. The van der Waals surface area contributed by atoms with Gasteiger partial charge in [0.2, 0.25) is 5.91 Å². The zero-order valence-corrected chi connectivity index (χ0v) is 34.7. The lowest BCUT2D eigenvalue weighted by atomic mass is 10.1. The van der Waals surface area contributed by atoms with Crippen molar-refractivity contribution in [3.63, 3.8) is 0 Å². The number of benzene rings is 6. The minimum atomic E-state index is -1.61. The van der Waals surface area contributed by atoms with Crippen LogP contribution in [0.1, 0.15) is 49.1 Å². The molecule has 0 aliphatic rings. The van der Waals surface area contributed by atoms with Gasteiger partial charge >= 0.3 is 11.9 Å². The molecule has 2 aromatic heterocycles. The van der Waals surface area contributed by atoms with Crippen molar-refractivity contribution in [1.82, 2.24) is 9.13 Å². The van der Waals surface area contributed by atoms with Crippen molar-refractivity contribution in [3.05, 3.63) is 139 Å². The van der Waals surface area contributed by atoms with Crippen LogP contribution in [0.4, 0.5) is 5.69 Å². The molecule has 0 fully saturated rings. The summed E-state index contributed by atoms with van der Waals surface area (Å²) in [6, 6.07) is 36.4. The Labute approximate surface area is 362 Å². The standard InChI is InChI=1S/C50H45N3O10/c1-31(54)33-13-17-35(18-14-33)60-25-7-27-62-37-21-23-41-39-9-3-5-11-43(39)52(45(41)29-37)47(49(56)57)48(50(58)59)53-44-12-6-4-10-40(44)42-24-22-38(30-46(42)53)63-28-8-26-61-36-19-15-34(16-20-36)51-32(2)55/h3-6,9-24,29-30,47-48H,7-8,25-28H2,1-2H3,(H,51,55)(H,56,57)(H,58,59). The number of para-hydroxylation sites is 2. The molecule has 2 atom stereocenters. The first-order valence-electron chi connectivity index (χ1n) is 20.6. The molecule has 63 heavy (non-hydrogen) atoms. The molecule has 2 unspecified atom stereocenters. The van der Waals surface area contributed by atoms with E-state index in [1.807, 2.05) is 48.5 Å². The summed E-state index contributed by atoms with van der Waals surface area (Å²) in [4.78, 5) is 50.4. The van der Waals surface area contributed by atoms with E-state index in [4.69, 9.17) is 18.9 Å². The highest BCUT2D eigenvalue weighted by atomic mass is 16.5. The molecule has 0 aliphatic heterocycles. The van der Waals surface area contributed by atoms with Crippen molar-refractivity contribution >= 4 is 72.9 Å². The largest absolute Gasteiger partial charge is 0.493 e. The molecule has 6 aromatic carbocycles. The number of nitrogens with one attached hydrogen (secondary N) is 1. The van der Waals surface area contributed by atoms with Gasteiger partial charge in [0.15, 0.2) is 17.9 Å². The van der Waals surface area contributed by atoms with Crippen LogP contribution in [0.15, 0.2) is 133 Å². The van der Waals surface area contributed by atoms with Gasteiger partial charge in [0, 0.05) is 64.7 Å². The van der Waals surface area contributed by atoms with Crippen LogP contribution in [0, 0.1) is 0 Å². The Balaban J connectivity index is 1.07. The van der Waals surface area contributed by atoms with E-state index in [9.17, 15) is 29.4 Å². The predicted octanol–water partition coefficient (Wildman–Crippen LogP) is 9.71. The monoisotopic (exact) mass is 847 g/mol. The SMILES string of the molecule is CC(=O)Nc1ccc(OCCCOc2ccc3c4ccccc4n(C(C(=O)O)C(C(=O)O)n4c5ccccc5c5ccc(OCCCOc6ccc(C(C)=O)cc6)cc54)c3c2)cc1. The number of hydrogen-bond donors (Lipinski definition) is 3. The minimum Gasteiger partial charge on any atom is -0.493 e. The first-order chi connectivity index (χ1) is 30.6. The van der Waals surface area contributed by atoms with E-state index in [2.05, 4.69) is 5.32 Å². The van der Waals surface area contributed by atoms with E-state index in [0.717, 1.165) is 21.5 Å². The zero-order valence-electron chi connectivity index (χ0n) is 34.7. The number of ketones is 1. The van der Waals surface area contributed by atoms with Gasteiger partial charge in [0.25, 0.3) is 0 Å². The van der Waals surface area contributed by atoms with E-state index in [1.165, 1.54) is 13.8 Å². The molecule has 1 amide bonds. The van der Waals surface area contributed by atoms with Crippen LogP contribution in [-0.2, 0) is 14.4 Å². The number of carbonyl (C=O) groups excluding carboxylic acids is 2. The molecule has 3 N–H and O–H groups in total. The van der Waals surface area contributed by atoms with E-state index in [0.29, 0.717) is 95.6 Å². The highest BCUT2D eigenvalue weighted by molar-refractivity contribution is 6.11. The van der Waals surface area contributed by atoms with Crippen molar-refractivity contribution in [2.24, 2.45) is 0 Å². The number of amides is 1. The molecule has 320 valence electrons. The molecule has 0 bridgehead atoms. The molecule has 0 saturated heterocycles. The molecule has 13 nitrogen and oxygen atoms in total. The summed E-state index contributed by atoms with van der Waals surface area (Å²) in [6.45, 7) is 4.27. The first-order valence-corrected chi connectivity index (χ1v) is 20.6. The van der Waals surface area contributed by atoms with Gasteiger partial charge in [-0.2, -0.15) is 0 Å². The topological polar surface area (TPSA) is 168 Å². The Hall–Kier alpha value is -7.80. The van der Waals surface area contributed by atoms with Crippen LogP contribution >= 0.6 is 0 Å². The summed E-state index contributed by atoms with van der Waals surface area (Å²) in [5, 5.41) is 28.1. The number of carbonyl (C=O) groups is 4. The molecule has 8 aromatic rings. The van der Waals surface area contributed by atoms with Crippen LogP contribution in [-0.4, -0.2) is 69.4 Å². The van der Waals surface area contributed by atoms with Gasteiger partial charge in [0.1, 0.15) is 23.0 Å². The van der Waals surface area contributed by atoms with Crippen LogP contribution in [0.25, 0.3) is 43.6 Å². The van der Waals surface area contributed by atoms with Gasteiger partial charge in [-0.1, -0.05) is 36.4 Å². The highest BCUT2D eigenvalue weighted by Gasteiger charge is 2.40. The number of rotatable bonds is 19. The minimum absolute atomic E-state index is 0.0220. The Morgan fingerprint density at radius 3 is 1.29 bits per heavy atom. The number of hydrogen-bond acceptors (Lipinski definition) is 8. The summed E-state index contributed by atoms with van der Waals surface area (Å²) in [5.41, 5.74) is 3.40. The van der Waals surface area contributed by atoms with Crippen molar-refractivity contribution in [3.8, 4) is 23.0 Å². The molecular formula is C50H45N3O10. The van der Waals surface area contributed by atoms with Gasteiger partial charge in [-0.25, -0.2) is 9.59 Å². The average molecular weight is 848 g/mol. The summed E-state index contributed by atoms with van der Waals surface area (Å²) >= 11 is 0. The van der Waals surface area contributed by atoms with E-state index < -0.39 is 24.0 Å². The molecular weight excluding hydrogens is 803 g/mol. The smallest absolute Gasteiger partial charge is 0.329 e. The number of carboxylic acid groups (broad SMARTS) is 2. The Bertz CT molecular complexity index is 2970. The lowest BCUT2D eigenvalue weighted by Crippen LogP contribution is -2.34. The fourth-order valence-electron chi connectivity index (χ4n) is 8.01. The first kappa shape index (κ1) is 41.9. The second-order valence-corrected chi connectivity index (χ2v) is 15.1. The maximum absolute atomic E-state index is 13.7. The van der Waals surface area contributed by atoms with Crippen molar-refractivity contribution in [2.75, 3.05) is 31.7 Å². The molecule has 0 spiro atoms. The van der Waals surface area contributed by atoms with Crippen molar-refractivity contribution in [1.29, 1.82) is 0 Å². The molecule has 0 aliphatic carbocycles. The maximum atomic E-state index is 13.7. The summed E-state index contributed by atoms with van der Waals surface area (Å²) in [7, 11) is 0. The quantitative estimate of drug-likeness (QED) is 0.0527. The van der Waals surface area contributed by atoms with Crippen molar-refractivity contribution in [2.45, 2.75) is 38.8 Å². The highest BCUT2D eigenvalue weighted by Crippen LogP contribution is 2.42. The number of ether oxygens (including phenoxy) is 4. The molecule has 8 rings (SSSR count). The normalized spacial score (nSPS) is 12.3. The number of fused-ring (bicyclic) bond motifs is 6. The lowest BCUT2D eigenvalue weighted by molar-refractivity contribution is -0.151. The van der Waals surface area contributed by atoms with Gasteiger partial charge < -0.3 is 43.6 Å². The van der Waals surface area contributed by atoms with Gasteiger partial charge in [-0.3, -0.25) is 9.59 Å². The number of anilines is 1. The van der Waals surface area contributed by atoms with Crippen LogP contribution < -0.4 is 24.3 Å². The van der Waals surface area contributed by atoms with Crippen LogP contribution in [0.5, 0.6) is 23.0 Å². The van der Waals surface area contributed by atoms with Crippen molar-refractivity contribution < 1.29 is 48.3 Å². The summed E-state index contributed by atoms with van der Waals surface area (Å²) in [5.74, 6) is -0.584. The summed E-state index contributed by atoms with van der Waals surface area (Å²) < 4.78 is 27.2. The number of carboxylic acids is 2. The average Bonchev–Trinajstić information content (AvgIpc) is 3.77.